The molecular formula is C28H37N3O4. The smallest absolute Gasteiger partial charge is 0.254 e. The van der Waals surface area contributed by atoms with Crippen molar-refractivity contribution in [2.24, 2.45) is 0 Å². The Balaban J connectivity index is 1.42. The summed E-state index contributed by atoms with van der Waals surface area (Å²) < 4.78 is 5.25. The molecule has 1 fully saturated rings. The van der Waals surface area contributed by atoms with Crippen LogP contribution in [0.25, 0.3) is 0 Å². The van der Waals surface area contributed by atoms with Crippen LogP contribution in [0.5, 0.6) is 11.5 Å². The minimum atomic E-state index is -0.0728. The first-order valence-electron chi connectivity index (χ1n) is 12.5. The van der Waals surface area contributed by atoms with Crippen LogP contribution in [0.1, 0.15) is 60.7 Å². The summed E-state index contributed by atoms with van der Waals surface area (Å²) >= 11 is 0. The maximum Gasteiger partial charge on any atom is 0.254 e. The van der Waals surface area contributed by atoms with Gasteiger partial charge in [-0.3, -0.25) is 14.5 Å². The molecule has 1 saturated heterocycles. The van der Waals surface area contributed by atoms with Crippen LogP contribution in [0, 0.1) is 0 Å². The maximum atomic E-state index is 13.4. The molecule has 0 bridgehead atoms. The van der Waals surface area contributed by atoms with Gasteiger partial charge in [-0.1, -0.05) is 25.1 Å². The molecule has 2 aliphatic rings. The van der Waals surface area contributed by atoms with Crippen molar-refractivity contribution in [3.05, 3.63) is 58.7 Å². The molecule has 0 atom stereocenters. The highest BCUT2D eigenvalue weighted by Crippen LogP contribution is 2.35. The number of benzene rings is 2. The lowest BCUT2D eigenvalue weighted by atomic mass is 9.93. The standard InChI is InChI=1S/C28H37N3O4/c1-5-26(33)29-13-15-30(16-14-29)27(34)22-8-6-7-21-18-31(19-23(21)22)28(2,3)12-11-20-9-10-24(32)25(17-20)35-4/h6-10,17,32H,5,11-16,18-19H2,1-4H3. The van der Waals surface area contributed by atoms with Crippen LogP contribution < -0.4 is 4.74 Å². The molecule has 0 aliphatic carbocycles. The second-order valence-electron chi connectivity index (χ2n) is 10.1. The first kappa shape index (κ1) is 25.0. The van der Waals surface area contributed by atoms with E-state index in [0.29, 0.717) is 38.3 Å². The number of carbonyl (C=O) groups is 2. The van der Waals surface area contributed by atoms with Crippen molar-refractivity contribution in [1.29, 1.82) is 0 Å². The van der Waals surface area contributed by atoms with Crippen molar-refractivity contribution in [3.63, 3.8) is 0 Å². The van der Waals surface area contributed by atoms with Gasteiger partial charge < -0.3 is 19.6 Å². The molecule has 2 amide bonds. The van der Waals surface area contributed by atoms with E-state index in [1.54, 1.807) is 13.2 Å². The predicted molar refractivity (Wildman–Crippen MR) is 136 cm³/mol. The van der Waals surface area contributed by atoms with Crippen LogP contribution in [-0.4, -0.2) is 70.4 Å². The van der Waals surface area contributed by atoms with Gasteiger partial charge in [0.25, 0.3) is 5.91 Å². The Morgan fingerprint density at radius 3 is 2.43 bits per heavy atom. The first-order chi connectivity index (χ1) is 16.7. The van der Waals surface area contributed by atoms with E-state index in [0.717, 1.165) is 42.6 Å². The Morgan fingerprint density at radius 2 is 1.74 bits per heavy atom. The van der Waals surface area contributed by atoms with Gasteiger partial charge in [-0.2, -0.15) is 0 Å². The Kier molecular flexibility index (Phi) is 7.36. The van der Waals surface area contributed by atoms with Gasteiger partial charge in [0.1, 0.15) is 0 Å². The van der Waals surface area contributed by atoms with Crippen molar-refractivity contribution in [2.45, 2.75) is 58.7 Å². The largest absolute Gasteiger partial charge is 0.504 e. The van der Waals surface area contributed by atoms with Crippen molar-refractivity contribution in [2.75, 3.05) is 33.3 Å². The molecule has 0 spiro atoms. The second kappa shape index (κ2) is 10.3. The first-order valence-corrected chi connectivity index (χ1v) is 12.5. The molecule has 0 radical (unpaired) electrons. The molecule has 4 rings (SSSR count). The molecule has 2 aromatic carbocycles. The molecule has 2 aliphatic heterocycles. The van der Waals surface area contributed by atoms with Crippen molar-refractivity contribution < 1.29 is 19.4 Å². The quantitative estimate of drug-likeness (QED) is 0.654. The third-order valence-electron chi connectivity index (χ3n) is 7.56. The number of amides is 2. The number of hydrogen-bond donors (Lipinski definition) is 1. The van der Waals surface area contributed by atoms with Gasteiger partial charge in [0.05, 0.1) is 7.11 Å². The van der Waals surface area contributed by atoms with Gasteiger partial charge >= 0.3 is 0 Å². The number of piperazine rings is 1. The van der Waals surface area contributed by atoms with Crippen LogP contribution in [0.4, 0.5) is 0 Å². The predicted octanol–water partition coefficient (Wildman–Crippen LogP) is 3.82. The molecule has 188 valence electrons. The normalized spacial score (nSPS) is 16.3. The number of phenolic OH excluding ortho intramolecular Hbond substituents is 1. The minimum Gasteiger partial charge on any atom is -0.504 e. The zero-order valence-electron chi connectivity index (χ0n) is 21.3. The van der Waals surface area contributed by atoms with Crippen LogP contribution >= 0.6 is 0 Å². The molecule has 7 heteroatoms. The van der Waals surface area contributed by atoms with Gasteiger partial charge in [-0.05, 0) is 61.6 Å². The van der Waals surface area contributed by atoms with E-state index in [9.17, 15) is 14.7 Å². The van der Waals surface area contributed by atoms with E-state index in [1.807, 2.05) is 41.0 Å². The number of nitrogens with zero attached hydrogens (tertiary/aromatic N) is 3. The highest BCUT2D eigenvalue weighted by atomic mass is 16.5. The topological polar surface area (TPSA) is 73.3 Å². The van der Waals surface area contributed by atoms with E-state index < -0.39 is 0 Å². The van der Waals surface area contributed by atoms with Gasteiger partial charge in [-0.25, -0.2) is 0 Å². The summed E-state index contributed by atoms with van der Waals surface area (Å²) in [5.41, 5.74) is 4.19. The Hall–Kier alpha value is -3.06. The summed E-state index contributed by atoms with van der Waals surface area (Å²) in [5.74, 6) is 0.876. The Bertz CT molecular complexity index is 1090. The lowest BCUT2D eigenvalue weighted by molar-refractivity contribution is -0.132. The zero-order chi connectivity index (χ0) is 25.2. The van der Waals surface area contributed by atoms with E-state index in [1.165, 1.54) is 5.56 Å². The lowest BCUT2D eigenvalue weighted by Gasteiger charge is -2.36. The van der Waals surface area contributed by atoms with Gasteiger partial charge in [0.15, 0.2) is 11.5 Å². The summed E-state index contributed by atoms with van der Waals surface area (Å²) in [4.78, 5) is 31.6. The Labute approximate surface area is 208 Å². The molecule has 0 aromatic heterocycles. The average Bonchev–Trinajstić information content (AvgIpc) is 3.33. The molecule has 2 heterocycles. The molecule has 1 N–H and O–H groups in total. The van der Waals surface area contributed by atoms with Crippen LogP contribution in [0.15, 0.2) is 36.4 Å². The highest BCUT2D eigenvalue weighted by Gasteiger charge is 2.34. The van der Waals surface area contributed by atoms with E-state index >= 15 is 0 Å². The fourth-order valence-corrected chi connectivity index (χ4v) is 5.09. The number of hydrogen-bond acceptors (Lipinski definition) is 5. The number of carbonyl (C=O) groups excluding carboxylic acids is 2. The Morgan fingerprint density at radius 1 is 1.03 bits per heavy atom. The van der Waals surface area contributed by atoms with Gasteiger partial charge in [-0.15, -0.1) is 0 Å². The molecule has 35 heavy (non-hydrogen) atoms. The number of rotatable bonds is 7. The molecule has 7 nitrogen and oxygen atoms in total. The number of ether oxygens (including phenoxy) is 1. The number of phenols is 1. The lowest BCUT2D eigenvalue weighted by Crippen LogP contribution is -2.50. The molecule has 0 saturated carbocycles. The van der Waals surface area contributed by atoms with E-state index in [4.69, 9.17) is 4.74 Å². The summed E-state index contributed by atoms with van der Waals surface area (Å²) in [6, 6.07) is 11.6. The number of aromatic hydroxyl groups is 1. The molecule has 2 aromatic rings. The van der Waals surface area contributed by atoms with Crippen LogP contribution in [0.3, 0.4) is 0 Å². The SMILES string of the molecule is CCC(=O)N1CCN(C(=O)c2cccc3c2CN(C(C)(C)CCc2ccc(O)c(OC)c2)C3)CC1. The number of methoxy groups -OCH3 is 1. The summed E-state index contributed by atoms with van der Waals surface area (Å²) in [6.45, 7) is 10.3. The summed E-state index contributed by atoms with van der Waals surface area (Å²) in [5, 5.41) is 9.87. The number of fused-ring (bicyclic) bond motifs is 1. The van der Waals surface area contributed by atoms with Crippen molar-refractivity contribution in [1.82, 2.24) is 14.7 Å². The second-order valence-corrected chi connectivity index (χ2v) is 10.1. The average molecular weight is 480 g/mol. The highest BCUT2D eigenvalue weighted by molar-refractivity contribution is 5.96. The molecule has 0 unspecified atom stereocenters. The van der Waals surface area contributed by atoms with Crippen molar-refractivity contribution >= 4 is 11.8 Å². The third-order valence-corrected chi connectivity index (χ3v) is 7.56. The number of aryl methyl sites for hydroxylation is 1. The fourth-order valence-electron chi connectivity index (χ4n) is 5.09. The van der Waals surface area contributed by atoms with Gasteiger partial charge in [0, 0.05) is 56.8 Å². The van der Waals surface area contributed by atoms with E-state index in [2.05, 4.69) is 24.8 Å². The monoisotopic (exact) mass is 479 g/mol. The van der Waals surface area contributed by atoms with Crippen LogP contribution in [0.2, 0.25) is 0 Å². The molecular weight excluding hydrogens is 442 g/mol. The van der Waals surface area contributed by atoms with Gasteiger partial charge in [0.2, 0.25) is 5.91 Å². The van der Waals surface area contributed by atoms with Crippen molar-refractivity contribution in [3.8, 4) is 11.5 Å². The van der Waals surface area contributed by atoms with E-state index in [-0.39, 0.29) is 23.1 Å². The summed E-state index contributed by atoms with van der Waals surface area (Å²) in [6.07, 6.45) is 2.31. The zero-order valence-corrected chi connectivity index (χ0v) is 21.3. The third kappa shape index (κ3) is 5.30. The fraction of sp³-hybridized carbons (Fsp3) is 0.500. The van der Waals surface area contributed by atoms with Crippen LogP contribution in [-0.2, 0) is 24.3 Å². The minimum absolute atomic E-state index is 0.0706. The summed E-state index contributed by atoms with van der Waals surface area (Å²) in [7, 11) is 1.56. The maximum absolute atomic E-state index is 13.4.